The minimum absolute atomic E-state index is 0.251. The first-order valence-electron chi connectivity index (χ1n) is 5.04. The molecule has 17 heavy (non-hydrogen) atoms. The zero-order chi connectivity index (χ0) is 12.3. The smallest absolute Gasteiger partial charge is 0.271 e. The van der Waals surface area contributed by atoms with E-state index >= 15 is 0 Å². The van der Waals surface area contributed by atoms with Crippen LogP contribution in [0.5, 0.6) is 0 Å². The van der Waals surface area contributed by atoms with Crippen molar-refractivity contribution in [1.82, 2.24) is 25.1 Å². The molecule has 0 atom stereocenters. The molecule has 7 heteroatoms. The van der Waals surface area contributed by atoms with Gasteiger partial charge in [-0.25, -0.2) is 14.6 Å². The van der Waals surface area contributed by atoms with Gasteiger partial charge in [0.25, 0.3) is 11.9 Å². The highest BCUT2D eigenvalue weighted by atomic mass is 16.1. The van der Waals surface area contributed by atoms with Gasteiger partial charge in [-0.3, -0.25) is 4.79 Å². The van der Waals surface area contributed by atoms with Crippen LogP contribution >= 0.6 is 0 Å². The summed E-state index contributed by atoms with van der Waals surface area (Å²) in [5.41, 5.74) is 6.52. The maximum absolute atomic E-state index is 11.3. The third kappa shape index (κ3) is 2.28. The van der Waals surface area contributed by atoms with Crippen molar-refractivity contribution in [2.24, 2.45) is 5.73 Å². The third-order valence-corrected chi connectivity index (χ3v) is 2.16. The highest BCUT2D eigenvalue weighted by molar-refractivity contribution is 5.91. The van der Waals surface area contributed by atoms with Gasteiger partial charge in [0.15, 0.2) is 5.69 Å². The zero-order valence-corrected chi connectivity index (χ0v) is 9.29. The van der Waals surface area contributed by atoms with E-state index in [4.69, 9.17) is 5.73 Å². The Hall–Kier alpha value is -2.28. The summed E-state index contributed by atoms with van der Waals surface area (Å²) in [5.74, 6) is 0.141. The first kappa shape index (κ1) is 11.2. The number of amides is 1. The Morgan fingerprint density at radius 1 is 1.53 bits per heavy atom. The number of rotatable bonds is 3. The van der Waals surface area contributed by atoms with Crippen LogP contribution in [-0.2, 0) is 6.54 Å². The lowest BCUT2D eigenvalue weighted by atomic mass is 10.4. The van der Waals surface area contributed by atoms with Gasteiger partial charge in [-0.05, 0) is 12.1 Å². The second-order valence-corrected chi connectivity index (χ2v) is 3.28. The van der Waals surface area contributed by atoms with Crippen molar-refractivity contribution in [3.63, 3.8) is 0 Å². The lowest BCUT2D eigenvalue weighted by Gasteiger charge is -2.00. The molecule has 3 N–H and O–H groups in total. The molecule has 2 rings (SSSR count). The van der Waals surface area contributed by atoms with Crippen molar-refractivity contribution in [1.29, 1.82) is 0 Å². The number of nitrogens with two attached hydrogens (primary N) is 1. The molecule has 0 aliphatic heterocycles. The number of aromatic nitrogens is 4. The first-order chi connectivity index (χ1) is 8.24. The molecule has 0 bridgehead atoms. The predicted octanol–water partition coefficient (Wildman–Crippen LogP) is -0.519. The van der Waals surface area contributed by atoms with Crippen molar-refractivity contribution in [3.8, 4) is 5.95 Å². The molecule has 2 heterocycles. The highest BCUT2D eigenvalue weighted by Gasteiger charge is 2.09. The van der Waals surface area contributed by atoms with E-state index in [9.17, 15) is 4.79 Å². The summed E-state index contributed by atoms with van der Waals surface area (Å²) in [6.45, 7) is 0.332. The van der Waals surface area contributed by atoms with Crippen LogP contribution in [0, 0.1) is 0 Å². The number of nitrogens with zero attached hydrogens (tertiary/aromatic N) is 4. The highest BCUT2D eigenvalue weighted by Crippen LogP contribution is 2.03. The zero-order valence-electron chi connectivity index (χ0n) is 9.29. The maximum Gasteiger partial charge on any atom is 0.271 e. The Balaban J connectivity index is 2.33. The quantitative estimate of drug-likeness (QED) is 0.742. The van der Waals surface area contributed by atoms with Crippen molar-refractivity contribution in [2.75, 3.05) is 7.05 Å². The molecular formula is C10H12N6O. The molecule has 2 aromatic heterocycles. The van der Waals surface area contributed by atoms with E-state index in [1.165, 1.54) is 4.68 Å². The van der Waals surface area contributed by atoms with Gasteiger partial charge in [0.05, 0.1) is 5.69 Å². The molecule has 0 aromatic carbocycles. The lowest BCUT2D eigenvalue weighted by molar-refractivity contribution is 0.0957. The Bertz CT molecular complexity index is 535. The summed E-state index contributed by atoms with van der Waals surface area (Å²) >= 11 is 0. The Morgan fingerprint density at radius 2 is 2.35 bits per heavy atom. The van der Waals surface area contributed by atoms with Gasteiger partial charge in [0, 0.05) is 26.0 Å². The van der Waals surface area contributed by atoms with Crippen molar-refractivity contribution >= 4 is 5.91 Å². The van der Waals surface area contributed by atoms with Gasteiger partial charge in [-0.2, -0.15) is 5.10 Å². The van der Waals surface area contributed by atoms with E-state index < -0.39 is 0 Å². The van der Waals surface area contributed by atoms with E-state index in [2.05, 4.69) is 20.4 Å². The molecule has 88 valence electrons. The van der Waals surface area contributed by atoms with Crippen LogP contribution in [-0.4, -0.2) is 32.7 Å². The predicted molar refractivity (Wildman–Crippen MR) is 60.4 cm³/mol. The van der Waals surface area contributed by atoms with Crippen LogP contribution in [0.2, 0.25) is 0 Å². The summed E-state index contributed by atoms with van der Waals surface area (Å²) in [6.07, 6.45) is 3.23. The van der Waals surface area contributed by atoms with E-state index in [0.717, 1.165) is 0 Å². The van der Waals surface area contributed by atoms with E-state index in [1.54, 1.807) is 31.6 Å². The summed E-state index contributed by atoms with van der Waals surface area (Å²) in [4.78, 5) is 19.6. The standard InChI is InChI=1S/C10H12N6O/c1-12-9(17)8-3-5-16(15-8)10-13-4-2-7(6-11)14-10/h2-5H,6,11H2,1H3,(H,12,17). The second-order valence-electron chi connectivity index (χ2n) is 3.28. The molecule has 0 fully saturated rings. The molecule has 0 aliphatic rings. The number of nitrogens with one attached hydrogen (secondary N) is 1. The average Bonchev–Trinajstić information content (AvgIpc) is 2.87. The molecule has 0 aliphatic carbocycles. The average molecular weight is 232 g/mol. The van der Waals surface area contributed by atoms with E-state index in [0.29, 0.717) is 23.9 Å². The molecule has 2 aromatic rings. The van der Waals surface area contributed by atoms with Crippen molar-refractivity contribution in [2.45, 2.75) is 6.54 Å². The summed E-state index contributed by atoms with van der Waals surface area (Å²) < 4.78 is 1.43. The molecular weight excluding hydrogens is 220 g/mol. The van der Waals surface area contributed by atoms with Crippen LogP contribution in [0.1, 0.15) is 16.2 Å². The van der Waals surface area contributed by atoms with Crippen LogP contribution < -0.4 is 11.1 Å². The molecule has 1 amide bonds. The van der Waals surface area contributed by atoms with Crippen LogP contribution in [0.4, 0.5) is 0 Å². The normalized spacial score (nSPS) is 10.2. The molecule has 0 spiro atoms. The Kier molecular flexibility index (Phi) is 3.10. The summed E-state index contributed by atoms with van der Waals surface area (Å²) in [6, 6.07) is 3.32. The number of hydrogen-bond acceptors (Lipinski definition) is 5. The van der Waals surface area contributed by atoms with Gasteiger partial charge in [0.1, 0.15) is 0 Å². The van der Waals surface area contributed by atoms with Crippen molar-refractivity contribution < 1.29 is 4.79 Å². The first-order valence-corrected chi connectivity index (χ1v) is 5.04. The topological polar surface area (TPSA) is 98.7 Å². The number of hydrogen-bond donors (Lipinski definition) is 2. The Morgan fingerprint density at radius 3 is 3.06 bits per heavy atom. The minimum Gasteiger partial charge on any atom is -0.354 e. The summed E-state index contributed by atoms with van der Waals surface area (Å²) in [5, 5.41) is 6.56. The lowest BCUT2D eigenvalue weighted by Crippen LogP contribution is -2.18. The van der Waals surface area contributed by atoms with Gasteiger partial charge in [0.2, 0.25) is 0 Å². The largest absolute Gasteiger partial charge is 0.354 e. The van der Waals surface area contributed by atoms with Gasteiger partial charge in [-0.15, -0.1) is 0 Å². The third-order valence-electron chi connectivity index (χ3n) is 2.16. The van der Waals surface area contributed by atoms with E-state index in [1.807, 2.05) is 0 Å². The van der Waals surface area contributed by atoms with Gasteiger partial charge < -0.3 is 11.1 Å². The van der Waals surface area contributed by atoms with Crippen LogP contribution in [0.3, 0.4) is 0 Å². The Labute approximate surface area is 97.7 Å². The molecule has 0 saturated heterocycles. The molecule has 0 saturated carbocycles. The molecule has 7 nitrogen and oxygen atoms in total. The fraction of sp³-hybridized carbons (Fsp3) is 0.200. The monoisotopic (exact) mass is 232 g/mol. The van der Waals surface area contributed by atoms with Gasteiger partial charge >= 0.3 is 0 Å². The number of carbonyl (C=O) groups is 1. The van der Waals surface area contributed by atoms with Crippen LogP contribution in [0.15, 0.2) is 24.5 Å². The van der Waals surface area contributed by atoms with Crippen LogP contribution in [0.25, 0.3) is 5.95 Å². The van der Waals surface area contributed by atoms with Crippen molar-refractivity contribution in [3.05, 3.63) is 35.9 Å². The maximum atomic E-state index is 11.3. The summed E-state index contributed by atoms with van der Waals surface area (Å²) in [7, 11) is 1.55. The minimum atomic E-state index is -0.251. The molecule has 0 radical (unpaired) electrons. The SMILES string of the molecule is CNC(=O)c1ccn(-c2nccc(CN)n2)n1. The van der Waals surface area contributed by atoms with E-state index in [-0.39, 0.29) is 5.91 Å². The fourth-order valence-corrected chi connectivity index (χ4v) is 1.29. The second kappa shape index (κ2) is 4.71. The van der Waals surface area contributed by atoms with Gasteiger partial charge in [-0.1, -0.05) is 0 Å². The fourth-order valence-electron chi connectivity index (χ4n) is 1.29. The number of carbonyl (C=O) groups excluding carboxylic acids is 1. The molecule has 0 unspecified atom stereocenters.